The van der Waals surface area contributed by atoms with E-state index in [0.29, 0.717) is 16.7 Å². The summed E-state index contributed by atoms with van der Waals surface area (Å²) in [6, 6.07) is 9.38. The number of nitrogens with one attached hydrogen (secondary N) is 1. The average Bonchev–Trinajstić information content (AvgIpc) is 2.90. The van der Waals surface area contributed by atoms with Gasteiger partial charge in [0, 0.05) is 22.6 Å². The molecular formula is C15H15F2NOS. The van der Waals surface area contributed by atoms with Crippen molar-refractivity contribution < 1.29 is 13.2 Å². The van der Waals surface area contributed by atoms with Crippen LogP contribution in [0.4, 0.5) is 14.5 Å². The molecule has 0 saturated carbocycles. The molecule has 1 aromatic carbocycles. The Balaban J connectivity index is 1.70. The molecule has 0 amide bonds. The molecule has 1 aliphatic carbocycles. The highest BCUT2D eigenvalue weighted by Crippen LogP contribution is 2.34. The third kappa shape index (κ3) is 2.98. The van der Waals surface area contributed by atoms with Crippen LogP contribution >= 0.6 is 11.8 Å². The Kier molecular flexibility index (Phi) is 3.96. The predicted octanol–water partition coefficient (Wildman–Crippen LogP) is 5.08. The van der Waals surface area contributed by atoms with Crippen molar-refractivity contribution in [1.82, 2.24) is 0 Å². The van der Waals surface area contributed by atoms with E-state index in [0.717, 1.165) is 30.7 Å². The van der Waals surface area contributed by atoms with Gasteiger partial charge in [0.25, 0.3) is 5.76 Å². The van der Waals surface area contributed by atoms with Crippen LogP contribution in [0, 0.1) is 0 Å². The lowest BCUT2D eigenvalue weighted by Gasteiger charge is -2.23. The van der Waals surface area contributed by atoms with Gasteiger partial charge in [0.1, 0.15) is 5.76 Å². The lowest BCUT2D eigenvalue weighted by molar-refractivity contribution is 0.252. The van der Waals surface area contributed by atoms with Gasteiger partial charge in [-0.25, -0.2) is 0 Å². The fraction of sp³-hybridized carbons (Fsp3) is 0.333. The number of aryl methyl sites for hydroxylation is 1. The monoisotopic (exact) mass is 295 g/mol. The van der Waals surface area contributed by atoms with Crippen LogP contribution < -0.4 is 5.32 Å². The number of halogens is 2. The van der Waals surface area contributed by atoms with Crippen molar-refractivity contribution in [3.8, 4) is 0 Å². The molecule has 1 unspecified atom stereocenters. The summed E-state index contributed by atoms with van der Waals surface area (Å²) in [5.74, 6) is -1.32. The van der Waals surface area contributed by atoms with E-state index < -0.39 is 5.76 Å². The minimum atomic E-state index is -2.37. The third-order valence-corrected chi connectivity index (χ3v) is 4.19. The van der Waals surface area contributed by atoms with E-state index in [1.165, 1.54) is 5.56 Å². The van der Waals surface area contributed by atoms with Gasteiger partial charge in [-0.05, 0) is 43.2 Å². The number of furan rings is 1. The first-order valence-electron chi connectivity index (χ1n) is 6.60. The molecule has 1 heterocycles. The Morgan fingerprint density at radius 1 is 1.20 bits per heavy atom. The van der Waals surface area contributed by atoms with E-state index >= 15 is 0 Å². The molecule has 1 aliphatic rings. The molecule has 0 saturated heterocycles. The molecule has 0 radical (unpaired) electrons. The van der Waals surface area contributed by atoms with Crippen molar-refractivity contribution in [1.29, 1.82) is 0 Å². The summed E-state index contributed by atoms with van der Waals surface area (Å²) in [7, 11) is 0. The maximum absolute atomic E-state index is 12.3. The number of thioether (sulfide) groups is 1. The highest BCUT2D eigenvalue weighted by atomic mass is 32.2. The van der Waals surface area contributed by atoms with E-state index in [2.05, 4.69) is 5.32 Å². The molecule has 20 heavy (non-hydrogen) atoms. The Morgan fingerprint density at radius 3 is 2.75 bits per heavy atom. The van der Waals surface area contributed by atoms with Crippen molar-refractivity contribution in [2.75, 3.05) is 5.32 Å². The molecule has 3 rings (SSSR count). The highest BCUT2D eigenvalue weighted by Gasteiger charge is 2.22. The summed E-state index contributed by atoms with van der Waals surface area (Å²) in [4.78, 5) is 0.582. The van der Waals surface area contributed by atoms with Crippen LogP contribution in [-0.2, 0) is 6.42 Å². The summed E-state index contributed by atoms with van der Waals surface area (Å²) >= 11 is 0.567. The summed E-state index contributed by atoms with van der Waals surface area (Å²) in [6.07, 6.45) is 4.87. The number of alkyl halides is 2. The number of hydrogen-bond acceptors (Lipinski definition) is 3. The molecule has 2 aromatic rings. The zero-order valence-electron chi connectivity index (χ0n) is 10.8. The number of hydrogen-bond donors (Lipinski definition) is 1. The quantitative estimate of drug-likeness (QED) is 0.796. The normalized spacial score (nSPS) is 18.1. The smallest absolute Gasteiger partial charge is 0.288 e. The number of benzene rings is 1. The molecule has 0 spiro atoms. The maximum atomic E-state index is 12.3. The first-order chi connectivity index (χ1) is 9.72. The molecule has 0 aliphatic heterocycles. The first kappa shape index (κ1) is 13.5. The zero-order valence-corrected chi connectivity index (χ0v) is 11.6. The molecule has 1 atom stereocenters. The average molecular weight is 295 g/mol. The minimum Gasteiger partial charge on any atom is -0.469 e. The van der Waals surface area contributed by atoms with E-state index in [1.807, 2.05) is 18.2 Å². The van der Waals surface area contributed by atoms with Crippen LogP contribution in [0.25, 0.3) is 0 Å². The van der Waals surface area contributed by atoms with Gasteiger partial charge in [-0.3, -0.25) is 0 Å². The maximum Gasteiger partial charge on any atom is 0.288 e. The molecule has 2 nitrogen and oxygen atoms in total. The van der Waals surface area contributed by atoms with Crippen LogP contribution in [0.1, 0.15) is 30.2 Å². The molecular weight excluding hydrogens is 280 g/mol. The van der Waals surface area contributed by atoms with E-state index in [1.54, 1.807) is 18.4 Å². The van der Waals surface area contributed by atoms with Crippen molar-refractivity contribution in [2.45, 2.75) is 36.0 Å². The zero-order chi connectivity index (χ0) is 13.9. The molecule has 5 heteroatoms. The van der Waals surface area contributed by atoms with Crippen molar-refractivity contribution in [2.24, 2.45) is 0 Å². The molecule has 0 fully saturated rings. The van der Waals surface area contributed by atoms with Gasteiger partial charge in [0.15, 0.2) is 0 Å². The summed E-state index contributed by atoms with van der Waals surface area (Å²) in [5.41, 5.74) is 2.16. The van der Waals surface area contributed by atoms with Crippen LogP contribution in [0.3, 0.4) is 0 Å². The lowest BCUT2D eigenvalue weighted by Crippen LogP contribution is -2.15. The van der Waals surface area contributed by atoms with Gasteiger partial charge in [0.2, 0.25) is 0 Å². The summed E-state index contributed by atoms with van der Waals surface area (Å²) in [5, 5.41) is 3.45. The van der Waals surface area contributed by atoms with Gasteiger partial charge < -0.3 is 9.73 Å². The van der Waals surface area contributed by atoms with Crippen LogP contribution in [0.5, 0.6) is 0 Å². The fourth-order valence-electron chi connectivity index (χ4n) is 2.57. The van der Waals surface area contributed by atoms with Crippen molar-refractivity contribution in [3.63, 3.8) is 0 Å². The number of rotatable bonds is 4. The van der Waals surface area contributed by atoms with E-state index in [4.69, 9.17) is 4.42 Å². The van der Waals surface area contributed by atoms with E-state index in [9.17, 15) is 8.78 Å². The first-order valence-corrected chi connectivity index (χ1v) is 7.48. The third-order valence-electron chi connectivity index (χ3n) is 3.47. The van der Waals surface area contributed by atoms with Crippen LogP contribution in [0.15, 0.2) is 45.9 Å². The van der Waals surface area contributed by atoms with Crippen LogP contribution in [0.2, 0.25) is 0 Å². The second-order valence-electron chi connectivity index (χ2n) is 4.79. The Hall–Kier alpha value is -1.49. The van der Waals surface area contributed by atoms with Crippen molar-refractivity contribution in [3.05, 3.63) is 47.9 Å². The fourth-order valence-corrected chi connectivity index (χ4v) is 3.07. The minimum absolute atomic E-state index is 0.242. The Bertz CT molecular complexity index is 568. The second kappa shape index (κ2) is 5.87. The lowest BCUT2D eigenvalue weighted by atomic mass is 9.93. The molecule has 1 N–H and O–H groups in total. The van der Waals surface area contributed by atoms with Crippen molar-refractivity contribution >= 4 is 17.4 Å². The number of fused-ring (bicyclic) bond motifs is 1. The number of anilines is 1. The summed E-state index contributed by atoms with van der Waals surface area (Å²) in [6.45, 7) is 0. The topological polar surface area (TPSA) is 25.2 Å². The van der Waals surface area contributed by atoms with Crippen LogP contribution in [-0.4, -0.2) is 5.76 Å². The van der Waals surface area contributed by atoms with Gasteiger partial charge in [-0.2, -0.15) is 8.78 Å². The van der Waals surface area contributed by atoms with Gasteiger partial charge >= 0.3 is 0 Å². The van der Waals surface area contributed by atoms with Gasteiger partial charge in [-0.1, -0.05) is 11.8 Å². The molecule has 1 aromatic heterocycles. The predicted molar refractivity (Wildman–Crippen MR) is 76.3 cm³/mol. The Labute approximate surface area is 120 Å². The standard InChI is InChI=1S/C15H15F2NOS/c16-15(17)20-11-6-4-10(5-7-11)18-13-2-1-3-14-12(13)8-9-19-14/h4-9,13,15,18H,1-3H2. The van der Waals surface area contributed by atoms with Gasteiger partial charge in [-0.15, -0.1) is 0 Å². The largest absolute Gasteiger partial charge is 0.469 e. The second-order valence-corrected chi connectivity index (χ2v) is 5.85. The van der Waals surface area contributed by atoms with Gasteiger partial charge in [0.05, 0.1) is 12.3 Å². The Morgan fingerprint density at radius 2 is 2.00 bits per heavy atom. The molecule has 0 bridgehead atoms. The SMILES string of the molecule is FC(F)Sc1ccc(NC2CCCc3occc32)cc1. The molecule has 106 valence electrons. The highest BCUT2D eigenvalue weighted by molar-refractivity contribution is 7.99. The summed E-state index contributed by atoms with van der Waals surface area (Å²) < 4.78 is 30.0. The van der Waals surface area contributed by atoms with E-state index in [-0.39, 0.29) is 6.04 Å².